The van der Waals surface area contributed by atoms with E-state index >= 15 is 0 Å². The first-order valence-electron chi connectivity index (χ1n) is 7.74. The van der Waals surface area contributed by atoms with Gasteiger partial charge in [0.2, 0.25) is 0 Å². The lowest BCUT2D eigenvalue weighted by molar-refractivity contribution is 0.147. The van der Waals surface area contributed by atoms with Gasteiger partial charge in [-0.05, 0) is 12.3 Å². The van der Waals surface area contributed by atoms with Gasteiger partial charge in [0.05, 0.1) is 18.3 Å². The van der Waals surface area contributed by atoms with Crippen LogP contribution in [0.25, 0.3) is 10.6 Å². The van der Waals surface area contributed by atoms with Crippen molar-refractivity contribution in [2.45, 2.75) is 32.9 Å². The molecule has 0 saturated heterocycles. The van der Waals surface area contributed by atoms with E-state index in [-0.39, 0.29) is 12.6 Å². The Bertz CT molecular complexity index is 613. The SMILES string of the molecule is CC(C)CC(O)CNC(=O)NCc1csc(-c2ccccc2)n1. The van der Waals surface area contributed by atoms with E-state index in [9.17, 15) is 9.90 Å². The van der Waals surface area contributed by atoms with Crippen LogP contribution in [0.1, 0.15) is 26.0 Å². The monoisotopic (exact) mass is 333 g/mol. The van der Waals surface area contributed by atoms with E-state index in [0.29, 0.717) is 18.9 Å². The Kier molecular flexibility index (Phi) is 6.55. The molecule has 0 aliphatic heterocycles. The number of hydrogen-bond acceptors (Lipinski definition) is 4. The predicted octanol–water partition coefficient (Wildman–Crippen LogP) is 3.02. The first-order chi connectivity index (χ1) is 11.0. The summed E-state index contributed by atoms with van der Waals surface area (Å²) >= 11 is 1.56. The largest absolute Gasteiger partial charge is 0.391 e. The lowest BCUT2D eigenvalue weighted by Gasteiger charge is -2.14. The smallest absolute Gasteiger partial charge is 0.315 e. The Morgan fingerprint density at radius 1 is 1.26 bits per heavy atom. The molecule has 0 spiro atoms. The third kappa shape index (κ3) is 6.00. The van der Waals surface area contributed by atoms with Gasteiger partial charge < -0.3 is 15.7 Å². The number of nitrogens with zero attached hydrogens (tertiary/aromatic N) is 1. The highest BCUT2D eigenvalue weighted by Gasteiger charge is 2.09. The summed E-state index contributed by atoms with van der Waals surface area (Å²) in [5.41, 5.74) is 1.90. The maximum Gasteiger partial charge on any atom is 0.315 e. The van der Waals surface area contributed by atoms with Gasteiger partial charge in [-0.2, -0.15) is 0 Å². The summed E-state index contributed by atoms with van der Waals surface area (Å²) in [7, 11) is 0. The first kappa shape index (κ1) is 17.4. The maximum absolute atomic E-state index is 11.7. The normalized spacial score (nSPS) is 12.2. The van der Waals surface area contributed by atoms with Crippen molar-refractivity contribution in [1.82, 2.24) is 15.6 Å². The molecule has 3 N–H and O–H groups in total. The molecule has 6 heteroatoms. The number of amides is 2. The van der Waals surface area contributed by atoms with Gasteiger partial charge in [-0.25, -0.2) is 9.78 Å². The number of thiazole rings is 1. The molecule has 0 fully saturated rings. The summed E-state index contributed by atoms with van der Waals surface area (Å²) in [6.07, 6.45) is 0.164. The van der Waals surface area contributed by atoms with Gasteiger partial charge >= 0.3 is 6.03 Å². The van der Waals surface area contributed by atoms with Gasteiger partial charge in [0.1, 0.15) is 5.01 Å². The number of rotatable bonds is 7. The van der Waals surface area contributed by atoms with Crippen LogP contribution in [-0.4, -0.2) is 28.8 Å². The molecule has 1 unspecified atom stereocenters. The lowest BCUT2D eigenvalue weighted by Crippen LogP contribution is -2.39. The number of benzene rings is 1. The topological polar surface area (TPSA) is 74.2 Å². The zero-order valence-electron chi connectivity index (χ0n) is 13.5. The van der Waals surface area contributed by atoms with Crippen LogP contribution in [0.5, 0.6) is 0 Å². The molecule has 2 rings (SSSR count). The lowest BCUT2D eigenvalue weighted by atomic mass is 10.1. The van der Waals surface area contributed by atoms with Gasteiger partial charge in [-0.3, -0.25) is 0 Å². The molecule has 1 atom stereocenters. The Morgan fingerprint density at radius 2 is 2.00 bits per heavy atom. The van der Waals surface area contributed by atoms with Crippen LogP contribution >= 0.6 is 11.3 Å². The van der Waals surface area contributed by atoms with E-state index in [1.165, 1.54) is 0 Å². The van der Waals surface area contributed by atoms with Crippen molar-refractivity contribution in [3.8, 4) is 10.6 Å². The van der Waals surface area contributed by atoms with Crippen LogP contribution < -0.4 is 10.6 Å². The molecule has 0 radical (unpaired) electrons. The van der Waals surface area contributed by atoms with Gasteiger partial charge in [-0.15, -0.1) is 11.3 Å². The van der Waals surface area contributed by atoms with E-state index in [4.69, 9.17) is 0 Å². The van der Waals surface area contributed by atoms with Crippen LogP contribution in [0.3, 0.4) is 0 Å². The fourth-order valence-corrected chi connectivity index (χ4v) is 3.00. The zero-order chi connectivity index (χ0) is 16.7. The molecule has 0 aliphatic carbocycles. The summed E-state index contributed by atoms with van der Waals surface area (Å²) in [5, 5.41) is 18.0. The van der Waals surface area contributed by atoms with Crippen LogP contribution in [0.2, 0.25) is 0 Å². The van der Waals surface area contributed by atoms with Crippen LogP contribution in [-0.2, 0) is 6.54 Å². The highest BCUT2D eigenvalue weighted by atomic mass is 32.1. The number of nitrogens with one attached hydrogen (secondary N) is 2. The molecule has 23 heavy (non-hydrogen) atoms. The average Bonchev–Trinajstić information content (AvgIpc) is 3.00. The molecular weight excluding hydrogens is 310 g/mol. The number of carbonyl (C=O) groups excluding carboxylic acids is 1. The molecule has 5 nitrogen and oxygen atoms in total. The molecule has 2 amide bonds. The molecule has 1 aromatic carbocycles. The van der Waals surface area contributed by atoms with Crippen molar-refractivity contribution in [1.29, 1.82) is 0 Å². The number of carbonyl (C=O) groups is 1. The van der Waals surface area contributed by atoms with Crippen molar-refractivity contribution >= 4 is 17.4 Å². The third-order valence-corrected chi connectivity index (χ3v) is 4.18. The summed E-state index contributed by atoms with van der Waals surface area (Å²) in [6, 6.07) is 9.66. The van der Waals surface area contributed by atoms with Crippen molar-refractivity contribution in [2.75, 3.05) is 6.54 Å². The minimum absolute atomic E-state index is 0.260. The van der Waals surface area contributed by atoms with E-state index in [0.717, 1.165) is 16.3 Å². The van der Waals surface area contributed by atoms with Crippen molar-refractivity contribution in [3.05, 3.63) is 41.4 Å². The minimum atomic E-state index is -0.510. The second kappa shape index (κ2) is 8.64. The van der Waals surface area contributed by atoms with Gasteiger partial charge in [-0.1, -0.05) is 44.2 Å². The van der Waals surface area contributed by atoms with E-state index < -0.39 is 6.10 Å². The summed E-state index contributed by atoms with van der Waals surface area (Å²) < 4.78 is 0. The Balaban J connectivity index is 1.76. The number of hydrogen-bond donors (Lipinski definition) is 3. The van der Waals surface area contributed by atoms with Crippen molar-refractivity contribution in [3.63, 3.8) is 0 Å². The highest BCUT2D eigenvalue weighted by molar-refractivity contribution is 7.13. The standard InChI is InChI=1S/C17H23N3O2S/c1-12(2)8-15(21)10-19-17(22)18-9-14-11-23-16(20-14)13-6-4-3-5-7-13/h3-7,11-12,15,21H,8-10H2,1-2H3,(H2,18,19,22). The minimum Gasteiger partial charge on any atom is -0.391 e. The summed E-state index contributed by atoms with van der Waals surface area (Å²) in [5.74, 6) is 0.404. The molecular formula is C17H23N3O2S. The molecule has 124 valence electrons. The fraction of sp³-hybridized carbons (Fsp3) is 0.412. The Morgan fingerprint density at radius 3 is 2.70 bits per heavy atom. The Hall–Kier alpha value is -1.92. The van der Waals surface area contributed by atoms with Gasteiger partial charge in [0, 0.05) is 17.5 Å². The summed E-state index contributed by atoms with van der Waals surface area (Å²) in [6.45, 7) is 4.71. The van der Waals surface area contributed by atoms with E-state index in [2.05, 4.69) is 15.6 Å². The predicted molar refractivity (Wildman–Crippen MR) is 93.3 cm³/mol. The number of urea groups is 1. The number of aromatic nitrogens is 1. The second-order valence-corrected chi connectivity index (χ2v) is 6.72. The van der Waals surface area contributed by atoms with Gasteiger partial charge in [0.25, 0.3) is 0 Å². The molecule has 1 heterocycles. The maximum atomic E-state index is 11.7. The van der Waals surface area contributed by atoms with Crippen molar-refractivity contribution < 1.29 is 9.90 Å². The average molecular weight is 333 g/mol. The molecule has 0 aliphatic rings. The van der Waals surface area contributed by atoms with E-state index in [1.54, 1.807) is 11.3 Å². The first-order valence-corrected chi connectivity index (χ1v) is 8.62. The number of aliphatic hydroxyl groups excluding tert-OH is 1. The van der Waals surface area contributed by atoms with E-state index in [1.807, 2.05) is 49.6 Å². The zero-order valence-corrected chi connectivity index (χ0v) is 14.3. The quantitative estimate of drug-likeness (QED) is 0.729. The molecule has 0 saturated carbocycles. The third-order valence-electron chi connectivity index (χ3n) is 3.24. The van der Waals surface area contributed by atoms with Crippen LogP contribution in [0.15, 0.2) is 35.7 Å². The number of aliphatic hydroxyl groups is 1. The van der Waals surface area contributed by atoms with Crippen molar-refractivity contribution in [2.24, 2.45) is 5.92 Å². The Labute approximate surface area is 140 Å². The van der Waals surface area contributed by atoms with Crippen LogP contribution in [0.4, 0.5) is 4.79 Å². The molecule has 1 aromatic heterocycles. The molecule has 0 bridgehead atoms. The fourth-order valence-electron chi connectivity index (χ4n) is 2.17. The molecule has 2 aromatic rings. The van der Waals surface area contributed by atoms with Gasteiger partial charge in [0.15, 0.2) is 0 Å². The summed E-state index contributed by atoms with van der Waals surface area (Å²) in [4.78, 5) is 16.2. The van der Waals surface area contributed by atoms with Crippen LogP contribution in [0, 0.1) is 5.92 Å². The highest BCUT2D eigenvalue weighted by Crippen LogP contribution is 2.23. The second-order valence-electron chi connectivity index (χ2n) is 5.86.